The van der Waals surface area contributed by atoms with Crippen LogP contribution in [0.25, 0.3) is 6.08 Å². The Morgan fingerprint density at radius 2 is 2.00 bits per heavy atom. The molecule has 0 atom stereocenters. The monoisotopic (exact) mass is 323 g/mol. The lowest BCUT2D eigenvalue weighted by Gasteiger charge is -2.11. The summed E-state index contributed by atoms with van der Waals surface area (Å²) in [6, 6.07) is 7.29. The molecule has 0 radical (unpaired) electrons. The van der Waals surface area contributed by atoms with Crippen LogP contribution in [0.3, 0.4) is 0 Å². The smallest absolute Gasteiger partial charge is 0.325 e. The van der Waals surface area contributed by atoms with E-state index in [4.69, 9.17) is 17.0 Å². The van der Waals surface area contributed by atoms with Crippen molar-refractivity contribution in [1.29, 1.82) is 0 Å². The highest BCUT2D eigenvalue weighted by Gasteiger charge is 2.33. The summed E-state index contributed by atoms with van der Waals surface area (Å²) >= 11 is 6.29. The van der Waals surface area contributed by atoms with Gasteiger partial charge in [-0.05, 0) is 23.8 Å². The summed E-state index contributed by atoms with van der Waals surface area (Å²) in [6.45, 7) is -0.166. The van der Waals surface area contributed by atoms with Gasteiger partial charge in [-0.3, -0.25) is 14.5 Å². The number of amides is 1. The van der Waals surface area contributed by atoms with Crippen molar-refractivity contribution in [2.24, 2.45) is 0 Å². The zero-order chi connectivity index (χ0) is 15.4. The number of carbonyl (C=O) groups excluding carboxylic acids is 2. The van der Waals surface area contributed by atoms with E-state index in [0.717, 1.165) is 11.3 Å². The van der Waals surface area contributed by atoms with Crippen molar-refractivity contribution in [3.63, 3.8) is 0 Å². The van der Waals surface area contributed by atoms with E-state index in [2.05, 4.69) is 4.74 Å². The molecular formula is C14H13NO4S2. The first-order valence-corrected chi connectivity index (χ1v) is 7.24. The predicted molar refractivity (Wildman–Crippen MR) is 84.9 cm³/mol. The fourth-order valence-electron chi connectivity index (χ4n) is 1.68. The summed E-state index contributed by atoms with van der Waals surface area (Å²) in [6.07, 6.45) is 1.73. The van der Waals surface area contributed by atoms with Crippen molar-refractivity contribution in [2.75, 3.05) is 20.8 Å². The van der Waals surface area contributed by atoms with E-state index in [-0.39, 0.29) is 12.5 Å². The molecule has 0 N–H and O–H groups in total. The van der Waals surface area contributed by atoms with Gasteiger partial charge in [-0.15, -0.1) is 0 Å². The highest BCUT2D eigenvalue weighted by Crippen LogP contribution is 2.32. The van der Waals surface area contributed by atoms with Crippen molar-refractivity contribution < 1.29 is 19.1 Å². The van der Waals surface area contributed by atoms with Gasteiger partial charge in [0.15, 0.2) is 0 Å². The number of esters is 1. The summed E-state index contributed by atoms with van der Waals surface area (Å²) in [7, 11) is 2.86. The van der Waals surface area contributed by atoms with Crippen LogP contribution >= 0.6 is 24.0 Å². The van der Waals surface area contributed by atoms with Crippen LogP contribution in [0.15, 0.2) is 29.2 Å². The zero-order valence-corrected chi connectivity index (χ0v) is 13.1. The van der Waals surface area contributed by atoms with E-state index < -0.39 is 5.97 Å². The molecule has 21 heavy (non-hydrogen) atoms. The largest absolute Gasteiger partial charge is 0.497 e. The van der Waals surface area contributed by atoms with E-state index in [1.807, 2.05) is 12.1 Å². The summed E-state index contributed by atoms with van der Waals surface area (Å²) < 4.78 is 9.98. The summed E-state index contributed by atoms with van der Waals surface area (Å²) in [5.41, 5.74) is 0.856. The number of methoxy groups -OCH3 is 2. The molecule has 1 fully saturated rings. The van der Waals surface area contributed by atoms with E-state index in [1.165, 1.54) is 23.8 Å². The average molecular weight is 323 g/mol. The Kier molecular flexibility index (Phi) is 4.98. The molecule has 1 aromatic carbocycles. The van der Waals surface area contributed by atoms with Gasteiger partial charge in [-0.25, -0.2) is 0 Å². The maximum Gasteiger partial charge on any atom is 0.325 e. The highest BCUT2D eigenvalue weighted by atomic mass is 32.2. The quantitative estimate of drug-likeness (QED) is 0.480. The lowest BCUT2D eigenvalue weighted by atomic mass is 10.2. The van der Waals surface area contributed by atoms with E-state index in [1.54, 1.807) is 25.3 Å². The molecule has 0 spiro atoms. The molecule has 0 bridgehead atoms. The number of nitrogens with zero attached hydrogens (tertiary/aromatic N) is 1. The molecule has 1 saturated heterocycles. The van der Waals surface area contributed by atoms with Gasteiger partial charge in [0.2, 0.25) is 0 Å². The van der Waals surface area contributed by atoms with Gasteiger partial charge in [0.05, 0.1) is 19.1 Å². The standard InChI is InChI=1S/C14H13NO4S2/c1-18-10-5-3-9(4-6-10)7-11-13(17)15(14(20)21-11)8-12(16)19-2/h3-7H,8H2,1-2H3/b11-7+. The number of ether oxygens (including phenoxy) is 2. The highest BCUT2D eigenvalue weighted by molar-refractivity contribution is 8.26. The second-order valence-corrected chi connectivity index (χ2v) is 5.79. The molecule has 1 heterocycles. The molecule has 1 aromatic rings. The summed E-state index contributed by atoms with van der Waals surface area (Å²) in [5, 5.41) is 0. The van der Waals surface area contributed by atoms with Crippen LogP contribution in [0.1, 0.15) is 5.56 Å². The third-order valence-electron chi connectivity index (χ3n) is 2.80. The lowest BCUT2D eigenvalue weighted by molar-refractivity contribution is -0.143. The van der Waals surface area contributed by atoms with Gasteiger partial charge in [0.1, 0.15) is 16.6 Å². The Balaban J connectivity index is 2.17. The molecule has 0 aliphatic carbocycles. The minimum Gasteiger partial charge on any atom is -0.497 e. The number of hydrogen-bond donors (Lipinski definition) is 0. The van der Waals surface area contributed by atoms with Gasteiger partial charge in [0.25, 0.3) is 5.91 Å². The topological polar surface area (TPSA) is 55.8 Å². The first-order valence-electron chi connectivity index (χ1n) is 6.01. The Labute approximate surface area is 131 Å². The fraction of sp³-hybridized carbons (Fsp3) is 0.214. The Hall–Kier alpha value is -1.86. The minimum absolute atomic E-state index is 0.166. The second kappa shape index (κ2) is 6.73. The summed E-state index contributed by atoms with van der Waals surface area (Å²) in [4.78, 5) is 25.2. The van der Waals surface area contributed by atoms with Crippen LogP contribution in [0, 0.1) is 0 Å². The number of benzene rings is 1. The number of hydrogen-bond acceptors (Lipinski definition) is 6. The van der Waals surface area contributed by atoms with Crippen LogP contribution in [0.2, 0.25) is 0 Å². The molecule has 1 aliphatic rings. The zero-order valence-electron chi connectivity index (χ0n) is 11.5. The van der Waals surface area contributed by atoms with Crippen LogP contribution in [-0.4, -0.2) is 41.9 Å². The van der Waals surface area contributed by atoms with Gasteiger partial charge in [-0.2, -0.15) is 0 Å². The van der Waals surface area contributed by atoms with Gasteiger partial charge < -0.3 is 9.47 Å². The van der Waals surface area contributed by atoms with E-state index in [0.29, 0.717) is 9.23 Å². The first kappa shape index (κ1) is 15.5. The van der Waals surface area contributed by atoms with Crippen molar-refractivity contribution in [3.05, 3.63) is 34.7 Å². The number of thiocarbonyl (C=S) groups is 1. The molecule has 0 saturated carbocycles. The molecule has 110 valence electrons. The fourth-order valence-corrected chi connectivity index (χ4v) is 2.94. The molecule has 0 unspecified atom stereocenters. The molecule has 0 aromatic heterocycles. The second-order valence-electron chi connectivity index (χ2n) is 4.12. The normalized spacial score (nSPS) is 16.5. The van der Waals surface area contributed by atoms with Crippen LogP contribution in [0.5, 0.6) is 5.75 Å². The maximum absolute atomic E-state index is 12.2. The third-order valence-corrected chi connectivity index (χ3v) is 4.18. The Morgan fingerprint density at radius 3 is 2.57 bits per heavy atom. The average Bonchev–Trinajstić information content (AvgIpc) is 2.75. The lowest BCUT2D eigenvalue weighted by Crippen LogP contribution is -2.33. The van der Waals surface area contributed by atoms with Gasteiger partial charge in [0, 0.05) is 0 Å². The minimum atomic E-state index is -0.503. The molecule has 1 amide bonds. The number of carbonyl (C=O) groups is 2. The van der Waals surface area contributed by atoms with Crippen LogP contribution < -0.4 is 4.74 Å². The number of thioether (sulfide) groups is 1. The van der Waals surface area contributed by atoms with Crippen molar-refractivity contribution >= 4 is 46.3 Å². The number of rotatable bonds is 4. The van der Waals surface area contributed by atoms with Crippen molar-refractivity contribution in [1.82, 2.24) is 4.90 Å². The molecule has 5 nitrogen and oxygen atoms in total. The Bertz CT molecular complexity index is 610. The van der Waals surface area contributed by atoms with Crippen molar-refractivity contribution in [2.45, 2.75) is 0 Å². The molecule has 1 aliphatic heterocycles. The van der Waals surface area contributed by atoms with Crippen molar-refractivity contribution in [3.8, 4) is 5.75 Å². The molecular weight excluding hydrogens is 310 g/mol. The van der Waals surface area contributed by atoms with Crippen LogP contribution in [-0.2, 0) is 14.3 Å². The third kappa shape index (κ3) is 3.62. The van der Waals surface area contributed by atoms with Gasteiger partial charge in [-0.1, -0.05) is 36.1 Å². The molecule has 2 rings (SSSR count). The van der Waals surface area contributed by atoms with E-state index >= 15 is 0 Å². The van der Waals surface area contributed by atoms with Gasteiger partial charge >= 0.3 is 5.97 Å². The predicted octanol–water partition coefficient (Wildman–Crippen LogP) is 2.07. The Morgan fingerprint density at radius 1 is 1.33 bits per heavy atom. The summed E-state index contributed by atoms with van der Waals surface area (Å²) in [5.74, 6) is -0.0476. The van der Waals surface area contributed by atoms with Crippen LogP contribution in [0.4, 0.5) is 0 Å². The van der Waals surface area contributed by atoms with E-state index in [9.17, 15) is 9.59 Å². The maximum atomic E-state index is 12.2. The SMILES string of the molecule is COC(=O)CN1C(=O)/C(=C\c2ccc(OC)cc2)SC1=S. The first-order chi connectivity index (χ1) is 10.0. The molecule has 7 heteroatoms.